The van der Waals surface area contributed by atoms with Gasteiger partial charge in [0.1, 0.15) is 0 Å². The Morgan fingerprint density at radius 1 is 1.17 bits per heavy atom. The van der Waals surface area contributed by atoms with Crippen LogP contribution in [-0.2, 0) is 4.79 Å². The minimum Gasteiger partial charge on any atom is -0.370 e. The van der Waals surface area contributed by atoms with E-state index in [2.05, 4.69) is 46.8 Å². The third-order valence-electron chi connectivity index (χ3n) is 3.35. The number of primary amides is 1. The van der Waals surface area contributed by atoms with Crippen LogP contribution in [0.2, 0.25) is 0 Å². The summed E-state index contributed by atoms with van der Waals surface area (Å²) < 4.78 is 0. The smallest absolute Gasteiger partial charge is 0.218 e. The van der Waals surface area contributed by atoms with Crippen LogP contribution in [0.3, 0.4) is 0 Å². The van der Waals surface area contributed by atoms with Crippen molar-refractivity contribution < 1.29 is 4.79 Å². The summed E-state index contributed by atoms with van der Waals surface area (Å²) in [4.78, 5) is 11.3. The first-order valence-electron chi connectivity index (χ1n) is 6.67. The summed E-state index contributed by atoms with van der Waals surface area (Å²) in [6.07, 6.45) is 1.45. The Morgan fingerprint density at radius 3 is 2.06 bits per heavy atom. The Kier molecular flexibility index (Phi) is 4.94. The average molecular weight is 247 g/mol. The molecule has 1 unspecified atom stereocenters. The Bertz CT molecular complexity index is 412. The topological polar surface area (TPSA) is 43.1 Å². The van der Waals surface area contributed by atoms with Gasteiger partial charge in [0.25, 0.3) is 0 Å². The number of nitrogens with two attached hydrogens (primary N) is 1. The highest BCUT2D eigenvalue weighted by Crippen LogP contribution is 2.32. The molecule has 100 valence electrons. The molecule has 0 bridgehead atoms. The summed E-state index contributed by atoms with van der Waals surface area (Å²) in [5.74, 6) is 0.609. The fourth-order valence-electron chi connectivity index (χ4n) is 2.95. The third-order valence-corrected chi connectivity index (χ3v) is 3.35. The van der Waals surface area contributed by atoms with E-state index in [0.29, 0.717) is 12.3 Å². The van der Waals surface area contributed by atoms with Crippen molar-refractivity contribution in [2.75, 3.05) is 0 Å². The van der Waals surface area contributed by atoms with E-state index in [1.807, 2.05) is 0 Å². The zero-order valence-corrected chi connectivity index (χ0v) is 12.2. The minimum atomic E-state index is -0.208. The van der Waals surface area contributed by atoms with Crippen molar-refractivity contribution in [1.29, 1.82) is 0 Å². The maximum absolute atomic E-state index is 11.3. The summed E-state index contributed by atoms with van der Waals surface area (Å²) in [7, 11) is 0. The molecule has 0 aliphatic carbocycles. The van der Waals surface area contributed by atoms with Gasteiger partial charge in [-0.1, -0.05) is 31.5 Å². The number of carbonyl (C=O) groups excluding carboxylic acids is 1. The highest BCUT2D eigenvalue weighted by molar-refractivity contribution is 5.75. The van der Waals surface area contributed by atoms with E-state index < -0.39 is 0 Å². The monoisotopic (exact) mass is 247 g/mol. The van der Waals surface area contributed by atoms with Crippen molar-refractivity contribution >= 4 is 5.91 Å². The zero-order chi connectivity index (χ0) is 13.9. The van der Waals surface area contributed by atoms with Crippen molar-refractivity contribution in [3.8, 4) is 0 Å². The van der Waals surface area contributed by atoms with Crippen LogP contribution < -0.4 is 5.73 Å². The second kappa shape index (κ2) is 6.03. The number of aryl methyl sites for hydroxylation is 3. The number of amides is 1. The lowest BCUT2D eigenvalue weighted by Gasteiger charge is -2.23. The molecule has 1 amide bonds. The number of hydrogen-bond donors (Lipinski definition) is 1. The number of hydrogen-bond acceptors (Lipinski definition) is 1. The first-order valence-corrected chi connectivity index (χ1v) is 6.67. The predicted octanol–water partition coefficient (Wildman–Crippen LogP) is 3.62. The maximum Gasteiger partial charge on any atom is 0.218 e. The summed E-state index contributed by atoms with van der Waals surface area (Å²) >= 11 is 0. The molecule has 0 aliphatic heterocycles. The lowest BCUT2D eigenvalue weighted by atomic mass is 9.82. The molecule has 1 aromatic carbocycles. The van der Waals surface area contributed by atoms with Crippen LogP contribution in [0.25, 0.3) is 0 Å². The highest BCUT2D eigenvalue weighted by atomic mass is 16.1. The SMILES string of the molecule is Cc1cc(C)c(C(CC(N)=O)CC(C)C)c(C)c1. The molecule has 0 heterocycles. The standard InChI is InChI=1S/C16H25NO/c1-10(2)6-14(9-15(17)18)16-12(4)7-11(3)8-13(16)5/h7-8,10,14H,6,9H2,1-5H3,(H2,17,18). The Hall–Kier alpha value is -1.31. The van der Waals surface area contributed by atoms with Gasteiger partial charge in [-0.05, 0) is 55.7 Å². The van der Waals surface area contributed by atoms with Crippen LogP contribution in [0, 0.1) is 26.7 Å². The van der Waals surface area contributed by atoms with Crippen molar-refractivity contribution in [2.45, 2.75) is 53.4 Å². The lowest BCUT2D eigenvalue weighted by Crippen LogP contribution is -2.18. The number of carbonyl (C=O) groups is 1. The molecular weight excluding hydrogens is 222 g/mol. The maximum atomic E-state index is 11.3. The van der Waals surface area contributed by atoms with Crippen LogP contribution in [-0.4, -0.2) is 5.91 Å². The summed E-state index contributed by atoms with van der Waals surface area (Å²) in [6.45, 7) is 10.7. The molecule has 1 rings (SSSR count). The molecule has 0 aliphatic rings. The van der Waals surface area contributed by atoms with Crippen molar-refractivity contribution in [1.82, 2.24) is 0 Å². The van der Waals surface area contributed by atoms with Crippen LogP contribution in [0.15, 0.2) is 12.1 Å². The normalized spacial score (nSPS) is 12.8. The second-order valence-electron chi connectivity index (χ2n) is 5.81. The van der Waals surface area contributed by atoms with E-state index in [1.54, 1.807) is 0 Å². The fraction of sp³-hybridized carbons (Fsp3) is 0.562. The predicted molar refractivity (Wildman–Crippen MR) is 76.7 cm³/mol. The highest BCUT2D eigenvalue weighted by Gasteiger charge is 2.20. The Labute approximate surface area is 111 Å². The first-order chi connectivity index (χ1) is 8.31. The van der Waals surface area contributed by atoms with E-state index in [4.69, 9.17) is 5.73 Å². The molecule has 2 nitrogen and oxygen atoms in total. The molecule has 0 radical (unpaired) electrons. The van der Waals surface area contributed by atoms with Crippen molar-refractivity contribution in [3.63, 3.8) is 0 Å². The fourth-order valence-corrected chi connectivity index (χ4v) is 2.95. The molecule has 2 N–H and O–H groups in total. The van der Waals surface area contributed by atoms with Gasteiger partial charge in [0.2, 0.25) is 5.91 Å². The Balaban J connectivity index is 3.15. The first kappa shape index (κ1) is 14.7. The molecule has 18 heavy (non-hydrogen) atoms. The Morgan fingerprint density at radius 2 is 1.67 bits per heavy atom. The zero-order valence-electron chi connectivity index (χ0n) is 12.2. The van der Waals surface area contributed by atoms with Gasteiger partial charge >= 0.3 is 0 Å². The molecule has 1 atom stereocenters. The van der Waals surface area contributed by atoms with Crippen LogP contribution in [0.1, 0.15) is 54.9 Å². The van der Waals surface area contributed by atoms with Crippen LogP contribution >= 0.6 is 0 Å². The van der Waals surface area contributed by atoms with Gasteiger partial charge in [0, 0.05) is 6.42 Å². The average Bonchev–Trinajstić information content (AvgIpc) is 2.12. The number of benzene rings is 1. The van der Waals surface area contributed by atoms with E-state index in [1.165, 1.54) is 22.3 Å². The van der Waals surface area contributed by atoms with E-state index in [-0.39, 0.29) is 11.8 Å². The molecule has 1 aromatic rings. The van der Waals surface area contributed by atoms with Gasteiger partial charge in [0.05, 0.1) is 0 Å². The van der Waals surface area contributed by atoms with Gasteiger partial charge in [0.15, 0.2) is 0 Å². The van der Waals surface area contributed by atoms with Crippen molar-refractivity contribution in [3.05, 3.63) is 34.4 Å². The molecule has 0 saturated heterocycles. The number of rotatable bonds is 5. The van der Waals surface area contributed by atoms with Gasteiger partial charge < -0.3 is 5.73 Å². The van der Waals surface area contributed by atoms with Gasteiger partial charge in [-0.3, -0.25) is 4.79 Å². The third kappa shape index (κ3) is 3.86. The van der Waals surface area contributed by atoms with Crippen molar-refractivity contribution in [2.24, 2.45) is 11.7 Å². The summed E-state index contributed by atoms with van der Waals surface area (Å²) in [5, 5.41) is 0. The van der Waals surface area contributed by atoms with E-state index >= 15 is 0 Å². The molecule has 0 aromatic heterocycles. The second-order valence-corrected chi connectivity index (χ2v) is 5.81. The molecular formula is C16H25NO. The molecule has 0 spiro atoms. The minimum absolute atomic E-state index is 0.208. The summed E-state index contributed by atoms with van der Waals surface area (Å²) in [6, 6.07) is 4.38. The quantitative estimate of drug-likeness (QED) is 0.848. The van der Waals surface area contributed by atoms with E-state index in [0.717, 1.165) is 6.42 Å². The molecule has 2 heteroatoms. The van der Waals surface area contributed by atoms with Crippen LogP contribution in [0.5, 0.6) is 0 Å². The molecule has 0 saturated carbocycles. The van der Waals surface area contributed by atoms with Gasteiger partial charge in [-0.2, -0.15) is 0 Å². The van der Waals surface area contributed by atoms with Gasteiger partial charge in [-0.15, -0.1) is 0 Å². The largest absolute Gasteiger partial charge is 0.370 e. The van der Waals surface area contributed by atoms with Crippen LogP contribution in [0.4, 0.5) is 0 Å². The van der Waals surface area contributed by atoms with E-state index in [9.17, 15) is 4.79 Å². The lowest BCUT2D eigenvalue weighted by molar-refractivity contribution is -0.118. The molecule has 0 fully saturated rings. The van der Waals surface area contributed by atoms with Gasteiger partial charge in [-0.25, -0.2) is 0 Å². The summed E-state index contributed by atoms with van der Waals surface area (Å²) in [5.41, 5.74) is 10.5.